The summed E-state index contributed by atoms with van der Waals surface area (Å²) in [6.07, 6.45) is 0. The number of ether oxygens (including phenoxy) is 2. The van der Waals surface area contributed by atoms with Gasteiger partial charge in [0.05, 0.1) is 13.7 Å². The first-order valence-electron chi connectivity index (χ1n) is 8.66. The number of nitrogens with one attached hydrogen (secondary N) is 1. The molecule has 0 saturated carbocycles. The second-order valence-electron chi connectivity index (χ2n) is 5.93. The van der Waals surface area contributed by atoms with Gasteiger partial charge in [-0.25, -0.2) is 0 Å². The summed E-state index contributed by atoms with van der Waals surface area (Å²) in [6, 6.07) is 14.5. The Morgan fingerprint density at radius 3 is 2.48 bits per heavy atom. The first kappa shape index (κ1) is 20.6. The Balaban J connectivity index is 1.88. The number of benzene rings is 2. The number of carbonyl (C=O) groups excluding carboxylic acids is 1. The Bertz CT molecular complexity index is 726. The monoisotopic (exact) mass is 378 g/mol. The van der Waals surface area contributed by atoms with Crippen LogP contribution in [-0.2, 0) is 17.9 Å². The molecule has 0 heterocycles. The van der Waals surface area contributed by atoms with E-state index in [4.69, 9.17) is 4.74 Å². The van der Waals surface area contributed by atoms with Gasteiger partial charge in [-0.05, 0) is 29.8 Å². The Morgan fingerprint density at radius 1 is 1.11 bits per heavy atom. The molecule has 0 bridgehead atoms. The van der Waals surface area contributed by atoms with E-state index >= 15 is 0 Å². The van der Waals surface area contributed by atoms with Crippen LogP contribution in [0.5, 0.6) is 11.5 Å². The van der Waals surface area contributed by atoms with Gasteiger partial charge in [0.2, 0.25) is 5.91 Å². The van der Waals surface area contributed by atoms with E-state index in [-0.39, 0.29) is 30.5 Å². The van der Waals surface area contributed by atoms with Gasteiger partial charge in [0.15, 0.2) is 11.5 Å². The van der Waals surface area contributed by atoms with Crippen molar-refractivity contribution >= 4 is 5.91 Å². The third kappa shape index (κ3) is 6.86. The molecule has 0 unspecified atom stereocenters. The van der Waals surface area contributed by atoms with Crippen LogP contribution in [0, 0.1) is 0 Å². The molecule has 1 N–H and O–H groups in total. The van der Waals surface area contributed by atoms with Crippen LogP contribution in [0.4, 0.5) is 8.78 Å². The van der Waals surface area contributed by atoms with Crippen LogP contribution in [0.25, 0.3) is 0 Å². The van der Waals surface area contributed by atoms with E-state index in [1.165, 1.54) is 13.2 Å². The quantitative estimate of drug-likeness (QED) is 0.688. The third-order valence-corrected chi connectivity index (χ3v) is 4.00. The molecular weight excluding hydrogens is 354 g/mol. The number of rotatable bonds is 10. The van der Waals surface area contributed by atoms with Gasteiger partial charge in [0.1, 0.15) is 0 Å². The highest BCUT2D eigenvalue weighted by Crippen LogP contribution is 2.29. The highest BCUT2D eigenvalue weighted by atomic mass is 19.3. The van der Waals surface area contributed by atoms with Gasteiger partial charge < -0.3 is 14.8 Å². The lowest BCUT2D eigenvalue weighted by atomic mass is 10.2. The number of methoxy groups -OCH3 is 1. The zero-order valence-electron chi connectivity index (χ0n) is 15.5. The summed E-state index contributed by atoms with van der Waals surface area (Å²) in [4.78, 5) is 14.3. The van der Waals surface area contributed by atoms with Gasteiger partial charge >= 0.3 is 6.61 Å². The lowest BCUT2D eigenvalue weighted by Gasteiger charge is -2.20. The summed E-state index contributed by atoms with van der Waals surface area (Å²) in [6.45, 7) is 1.06. The van der Waals surface area contributed by atoms with Gasteiger partial charge in [-0.2, -0.15) is 8.78 Å². The third-order valence-electron chi connectivity index (χ3n) is 4.00. The van der Waals surface area contributed by atoms with E-state index in [9.17, 15) is 13.6 Å². The fraction of sp³-hybridized carbons (Fsp3) is 0.350. The summed E-state index contributed by atoms with van der Waals surface area (Å²) in [5.41, 5.74) is 1.87. The standard InChI is InChI=1S/C20H24F2N2O3/c1-3-24(13-15-7-5-4-6-8-15)14-19(25)23-12-16-9-10-17(27-20(21)22)18(11-16)26-2/h4-11,20H,3,12-14H2,1-2H3,(H,23,25). The minimum atomic E-state index is -2.92. The fourth-order valence-corrected chi connectivity index (χ4v) is 2.60. The molecule has 0 saturated heterocycles. The van der Waals surface area contributed by atoms with Gasteiger partial charge in [-0.1, -0.05) is 43.3 Å². The lowest BCUT2D eigenvalue weighted by molar-refractivity contribution is -0.122. The Morgan fingerprint density at radius 2 is 1.85 bits per heavy atom. The number of alkyl halides is 2. The van der Waals surface area contributed by atoms with Crippen LogP contribution in [0.3, 0.4) is 0 Å². The molecule has 2 rings (SSSR count). The minimum absolute atomic E-state index is 0.0393. The molecule has 5 nitrogen and oxygen atoms in total. The van der Waals surface area contributed by atoms with Crippen molar-refractivity contribution in [3.05, 3.63) is 59.7 Å². The average Bonchev–Trinajstić information content (AvgIpc) is 2.67. The number of amides is 1. The second-order valence-corrected chi connectivity index (χ2v) is 5.93. The number of hydrogen-bond donors (Lipinski definition) is 1. The number of carbonyl (C=O) groups is 1. The number of hydrogen-bond acceptors (Lipinski definition) is 4. The van der Waals surface area contributed by atoms with Crippen molar-refractivity contribution in [3.8, 4) is 11.5 Å². The first-order chi connectivity index (χ1) is 13.0. The molecule has 0 spiro atoms. The zero-order chi connectivity index (χ0) is 19.6. The summed E-state index contributed by atoms with van der Waals surface area (Å²) in [5.74, 6) is 0.0450. The highest BCUT2D eigenvalue weighted by molar-refractivity contribution is 5.78. The van der Waals surface area contributed by atoms with E-state index in [0.29, 0.717) is 6.54 Å². The smallest absolute Gasteiger partial charge is 0.387 e. The largest absolute Gasteiger partial charge is 0.493 e. The van der Waals surface area contributed by atoms with Crippen LogP contribution in [0.1, 0.15) is 18.1 Å². The number of likely N-dealkylation sites (N-methyl/N-ethyl adjacent to an activating group) is 1. The highest BCUT2D eigenvalue weighted by Gasteiger charge is 2.13. The van der Waals surface area contributed by atoms with Gasteiger partial charge in [-0.15, -0.1) is 0 Å². The second kappa shape index (κ2) is 10.5. The van der Waals surface area contributed by atoms with Crippen molar-refractivity contribution in [2.24, 2.45) is 0 Å². The zero-order valence-corrected chi connectivity index (χ0v) is 15.5. The summed E-state index contributed by atoms with van der Waals surface area (Å²) in [5, 5.41) is 2.84. The summed E-state index contributed by atoms with van der Waals surface area (Å²) in [7, 11) is 1.37. The van der Waals surface area contributed by atoms with E-state index in [1.807, 2.05) is 42.2 Å². The normalized spacial score (nSPS) is 10.9. The molecule has 0 aliphatic rings. The van der Waals surface area contributed by atoms with Gasteiger partial charge in [0, 0.05) is 13.1 Å². The Hall–Kier alpha value is -2.67. The molecule has 1 amide bonds. The maximum absolute atomic E-state index is 12.4. The molecule has 2 aromatic carbocycles. The molecule has 2 aromatic rings. The van der Waals surface area contributed by atoms with E-state index in [0.717, 1.165) is 17.7 Å². The maximum Gasteiger partial charge on any atom is 0.387 e. The summed E-state index contributed by atoms with van der Waals surface area (Å²) < 4.78 is 34.2. The molecule has 0 atom stereocenters. The molecule has 0 aliphatic carbocycles. The van der Waals surface area contributed by atoms with Gasteiger partial charge in [0.25, 0.3) is 0 Å². The van der Waals surface area contributed by atoms with Crippen LogP contribution in [-0.4, -0.2) is 37.6 Å². The SMILES string of the molecule is CCN(CC(=O)NCc1ccc(OC(F)F)c(OC)c1)Cc1ccccc1. The Kier molecular flexibility index (Phi) is 8.00. The summed E-state index contributed by atoms with van der Waals surface area (Å²) >= 11 is 0. The van der Waals surface area contributed by atoms with Crippen molar-refractivity contribution in [3.63, 3.8) is 0 Å². The van der Waals surface area contributed by atoms with Crippen LogP contribution >= 0.6 is 0 Å². The van der Waals surface area contributed by atoms with Gasteiger partial charge in [-0.3, -0.25) is 9.69 Å². The predicted octanol–water partition coefficient (Wildman–Crippen LogP) is 3.43. The van der Waals surface area contributed by atoms with Crippen molar-refractivity contribution in [2.75, 3.05) is 20.2 Å². The van der Waals surface area contributed by atoms with Crippen LogP contribution in [0.2, 0.25) is 0 Å². The maximum atomic E-state index is 12.4. The first-order valence-corrected chi connectivity index (χ1v) is 8.66. The molecule has 146 valence electrons. The number of halogens is 2. The molecule has 7 heteroatoms. The lowest BCUT2D eigenvalue weighted by Crippen LogP contribution is -2.36. The van der Waals surface area contributed by atoms with Crippen molar-refractivity contribution in [2.45, 2.75) is 26.6 Å². The minimum Gasteiger partial charge on any atom is -0.493 e. The molecule has 0 aliphatic heterocycles. The van der Waals surface area contributed by atoms with E-state index in [1.54, 1.807) is 12.1 Å². The molecule has 0 aromatic heterocycles. The molecular formula is C20H24F2N2O3. The number of nitrogens with zero attached hydrogens (tertiary/aromatic N) is 1. The molecule has 27 heavy (non-hydrogen) atoms. The molecule has 0 fully saturated rings. The van der Waals surface area contributed by atoms with E-state index < -0.39 is 6.61 Å². The van der Waals surface area contributed by atoms with Crippen LogP contribution < -0.4 is 14.8 Å². The van der Waals surface area contributed by atoms with Crippen LogP contribution in [0.15, 0.2) is 48.5 Å². The molecule has 0 radical (unpaired) electrons. The van der Waals surface area contributed by atoms with E-state index in [2.05, 4.69) is 10.1 Å². The average molecular weight is 378 g/mol. The Labute approximate surface area is 157 Å². The topological polar surface area (TPSA) is 50.8 Å². The predicted molar refractivity (Wildman–Crippen MR) is 98.9 cm³/mol. The van der Waals surface area contributed by atoms with Crippen molar-refractivity contribution < 1.29 is 23.0 Å². The fourth-order valence-electron chi connectivity index (χ4n) is 2.60. The van der Waals surface area contributed by atoms with Crippen molar-refractivity contribution in [1.29, 1.82) is 0 Å². The van der Waals surface area contributed by atoms with Crippen molar-refractivity contribution in [1.82, 2.24) is 10.2 Å².